The predicted molar refractivity (Wildman–Crippen MR) is 89.8 cm³/mol. The number of H-pyrrole nitrogens is 1. The minimum atomic E-state index is -0.869. The topological polar surface area (TPSA) is 99.5 Å². The fraction of sp³-hybridized carbons (Fsp3) is 0.400. The second-order valence-corrected chi connectivity index (χ2v) is 6.79. The summed E-state index contributed by atoms with van der Waals surface area (Å²) in [5, 5.41) is 12.0. The minimum absolute atomic E-state index is 0.0649. The molecule has 2 aromatic heterocycles. The molecule has 0 aliphatic heterocycles. The number of thiazole rings is 1. The Morgan fingerprint density at radius 1 is 1.52 bits per heavy atom. The van der Waals surface area contributed by atoms with Crippen molar-refractivity contribution in [3.63, 3.8) is 0 Å². The average molecular weight is 348 g/mol. The number of hydrogen-bond acceptors (Lipinski definition) is 7. The number of aryl methyl sites for hydroxylation is 2. The van der Waals surface area contributed by atoms with Crippen molar-refractivity contribution in [3.8, 4) is 6.07 Å². The van der Waals surface area contributed by atoms with Crippen molar-refractivity contribution in [2.75, 3.05) is 5.75 Å². The monoisotopic (exact) mass is 348 g/mol. The molecule has 6 nitrogen and oxygen atoms in total. The van der Waals surface area contributed by atoms with E-state index in [4.69, 9.17) is 0 Å². The summed E-state index contributed by atoms with van der Waals surface area (Å²) in [6.07, 6.45) is 1.60. The van der Waals surface area contributed by atoms with Gasteiger partial charge in [0.2, 0.25) is 0 Å². The summed E-state index contributed by atoms with van der Waals surface area (Å²) in [7, 11) is 0. The van der Waals surface area contributed by atoms with E-state index in [-0.39, 0.29) is 17.1 Å². The molecular weight excluding hydrogens is 332 g/mol. The van der Waals surface area contributed by atoms with E-state index in [1.165, 1.54) is 17.4 Å². The predicted octanol–water partition coefficient (Wildman–Crippen LogP) is 2.46. The number of Topliss-reactive ketones (excluding diaryl/α,β-unsaturated/α-hetero) is 1. The Labute approximate surface area is 142 Å². The standard InChI is InChI=1S/C15H16N4O2S2/c1-3-4-10-5-13(21)19-15(18-10)23-8-12(20)11(6-16)14-17-9(2)7-22-14/h5,7,11H,3-4,8H2,1-2H3,(H,18,19,21). The summed E-state index contributed by atoms with van der Waals surface area (Å²) in [6, 6.07) is 3.47. The van der Waals surface area contributed by atoms with Gasteiger partial charge in [-0.05, 0) is 13.3 Å². The number of ketones is 1. The zero-order valence-electron chi connectivity index (χ0n) is 12.8. The third kappa shape index (κ3) is 4.74. The van der Waals surface area contributed by atoms with Crippen molar-refractivity contribution >= 4 is 28.9 Å². The summed E-state index contributed by atoms with van der Waals surface area (Å²) in [5.41, 5.74) is 1.27. The average Bonchev–Trinajstić information content (AvgIpc) is 2.92. The first-order chi connectivity index (χ1) is 11.0. The number of nitrogens with one attached hydrogen (secondary N) is 1. The number of thioether (sulfide) groups is 1. The molecule has 8 heteroatoms. The maximum Gasteiger partial charge on any atom is 0.251 e. The van der Waals surface area contributed by atoms with E-state index in [0.29, 0.717) is 22.3 Å². The molecule has 0 saturated heterocycles. The van der Waals surface area contributed by atoms with Crippen LogP contribution in [0.5, 0.6) is 0 Å². The lowest BCUT2D eigenvalue weighted by atomic mass is 10.1. The van der Waals surface area contributed by atoms with E-state index < -0.39 is 5.92 Å². The third-order valence-electron chi connectivity index (χ3n) is 2.97. The molecule has 2 heterocycles. The van der Waals surface area contributed by atoms with Gasteiger partial charge in [0.1, 0.15) is 5.01 Å². The van der Waals surface area contributed by atoms with E-state index in [0.717, 1.165) is 23.9 Å². The molecule has 0 spiro atoms. The minimum Gasteiger partial charge on any atom is -0.301 e. The highest BCUT2D eigenvalue weighted by atomic mass is 32.2. The van der Waals surface area contributed by atoms with Gasteiger partial charge in [-0.15, -0.1) is 11.3 Å². The van der Waals surface area contributed by atoms with Gasteiger partial charge in [0.05, 0.1) is 11.8 Å². The normalized spacial score (nSPS) is 11.9. The lowest BCUT2D eigenvalue weighted by Crippen LogP contribution is -2.15. The van der Waals surface area contributed by atoms with E-state index in [9.17, 15) is 14.9 Å². The van der Waals surface area contributed by atoms with Gasteiger partial charge >= 0.3 is 0 Å². The van der Waals surface area contributed by atoms with Crippen LogP contribution in [0.2, 0.25) is 0 Å². The fourth-order valence-corrected chi connectivity index (χ4v) is 3.59. The number of nitrogens with zero attached hydrogens (tertiary/aromatic N) is 3. The number of aromatic nitrogens is 3. The summed E-state index contributed by atoms with van der Waals surface area (Å²) in [6.45, 7) is 3.83. The number of nitriles is 1. The number of carbonyl (C=O) groups excluding carboxylic acids is 1. The molecule has 120 valence electrons. The number of carbonyl (C=O) groups is 1. The first kappa shape index (κ1) is 17.4. The highest BCUT2D eigenvalue weighted by Crippen LogP contribution is 2.23. The first-order valence-corrected chi connectivity index (χ1v) is 8.97. The van der Waals surface area contributed by atoms with E-state index in [1.807, 2.05) is 25.3 Å². The van der Waals surface area contributed by atoms with Crippen molar-refractivity contribution in [2.45, 2.75) is 37.8 Å². The summed E-state index contributed by atoms with van der Waals surface area (Å²) < 4.78 is 0. The molecule has 0 aliphatic carbocycles. The Morgan fingerprint density at radius 2 is 2.30 bits per heavy atom. The lowest BCUT2D eigenvalue weighted by molar-refractivity contribution is -0.116. The Hall–Kier alpha value is -1.98. The third-order valence-corrected chi connectivity index (χ3v) is 4.89. The van der Waals surface area contributed by atoms with Gasteiger partial charge in [-0.2, -0.15) is 5.26 Å². The maximum absolute atomic E-state index is 12.3. The first-order valence-electron chi connectivity index (χ1n) is 7.11. The highest BCUT2D eigenvalue weighted by molar-refractivity contribution is 7.99. The smallest absolute Gasteiger partial charge is 0.251 e. The van der Waals surface area contributed by atoms with Crippen molar-refractivity contribution in [1.82, 2.24) is 15.0 Å². The molecule has 0 amide bonds. The van der Waals surface area contributed by atoms with Gasteiger partial charge in [0.25, 0.3) is 5.56 Å². The molecular formula is C15H16N4O2S2. The molecule has 2 aromatic rings. The SMILES string of the molecule is CCCc1cc(=O)[nH]c(SCC(=O)C(C#N)c2nc(C)cs2)n1. The zero-order chi connectivity index (χ0) is 16.8. The van der Waals surface area contributed by atoms with Gasteiger partial charge in [-0.1, -0.05) is 25.1 Å². The van der Waals surface area contributed by atoms with Crippen LogP contribution in [0.15, 0.2) is 21.4 Å². The molecule has 1 atom stereocenters. The van der Waals surface area contributed by atoms with E-state index in [1.54, 1.807) is 0 Å². The second kappa shape index (κ2) is 8.04. The lowest BCUT2D eigenvalue weighted by Gasteiger charge is -2.05. The van der Waals surface area contributed by atoms with Crippen LogP contribution in [0.1, 0.15) is 35.7 Å². The molecule has 1 unspecified atom stereocenters. The van der Waals surface area contributed by atoms with Gasteiger partial charge in [0.15, 0.2) is 16.9 Å². The Balaban J connectivity index is 2.06. The van der Waals surface area contributed by atoms with Crippen LogP contribution in [0.3, 0.4) is 0 Å². The van der Waals surface area contributed by atoms with Crippen molar-refractivity contribution in [3.05, 3.63) is 38.2 Å². The van der Waals surface area contributed by atoms with Crippen LogP contribution in [0, 0.1) is 18.3 Å². The molecule has 0 aliphatic rings. The largest absolute Gasteiger partial charge is 0.301 e. The number of aromatic amines is 1. The maximum atomic E-state index is 12.3. The van der Waals surface area contributed by atoms with E-state index >= 15 is 0 Å². The van der Waals surface area contributed by atoms with Crippen LogP contribution < -0.4 is 5.56 Å². The van der Waals surface area contributed by atoms with Gasteiger partial charge in [-0.25, -0.2) is 9.97 Å². The summed E-state index contributed by atoms with van der Waals surface area (Å²) in [5.74, 6) is -1.04. The van der Waals surface area contributed by atoms with Gasteiger partial charge in [0, 0.05) is 22.8 Å². The van der Waals surface area contributed by atoms with Gasteiger partial charge < -0.3 is 4.98 Å². The Kier molecular flexibility index (Phi) is 6.07. The highest BCUT2D eigenvalue weighted by Gasteiger charge is 2.23. The molecule has 1 N–H and O–H groups in total. The van der Waals surface area contributed by atoms with E-state index in [2.05, 4.69) is 15.0 Å². The van der Waals surface area contributed by atoms with Crippen LogP contribution in [0.25, 0.3) is 0 Å². The zero-order valence-corrected chi connectivity index (χ0v) is 14.5. The van der Waals surface area contributed by atoms with Crippen LogP contribution >= 0.6 is 23.1 Å². The number of hydrogen-bond donors (Lipinski definition) is 1. The Morgan fingerprint density at radius 3 is 2.91 bits per heavy atom. The molecule has 23 heavy (non-hydrogen) atoms. The van der Waals surface area contributed by atoms with Crippen LogP contribution in [-0.2, 0) is 11.2 Å². The van der Waals surface area contributed by atoms with Crippen molar-refractivity contribution < 1.29 is 4.79 Å². The fourth-order valence-electron chi connectivity index (χ4n) is 1.93. The molecule has 0 saturated carbocycles. The summed E-state index contributed by atoms with van der Waals surface area (Å²) in [4.78, 5) is 35.0. The van der Waals surface area contributed by atoms with Gasteiger partial charge in [-0.3, -0.25) is 9.59 Å². The summed E-state index contributed by atoms with van der Waals surface area (Å²) >= 11 is 2.44. The molecule has 0 aromatic carbocycles. The second-order valence-electron chi connectivity index (χ2n) is 4.94. The molecule has 2 rings (SSSR count). The molecule has 0 bridgehead atoms. The van der Waals surface area contributed by atoms with Crippen LogP contribution in [0.4, 0.5) is 0 Å². The number of rotatable bonds is 7. The molecule has 0 fully saturated rings. The quantitative estimate of drug-likeness (QED) is 0.609. The van der Waals surface area contributed by atoms with Crippen molar-refractivity contribution in [1.29, 1.82) is 5.26 Å². The molecule has 0 radical (unpaired) electrons. The Bertz CT molecular complexity index is 791. The van der Waals surface area contributed by atoms with Crippen LogP contribution in [-0.4, -0.2) is 26.5 Å². The van der Waals surface area contributed by atoms with Crippen molar-refractivity contribution in [2.24, 2.45) is 0 Å².